The highest BCUT2D eigenvalue weighted by atomic mass is 16.4. The van der Waals surface area contributed by atoms with Gasteiger partial charge in [0.25, 0.3) is 0 Å². The van der Waals surface area contributed by atoms with Gasteiger partial charge in [-0.25, -0.2) is 4.79 Å². The molecule has 19 heavy (non-hydrogen) atoms. The van der Waals surface area contributed by atoms with Crippen molar-refractivity contribution in [3.8, 4) is 0 Å². The molecule has 1 aromatic heterocycles. The van der Waals surface area contributed by atoms with Gasteiger partial charge in [-0.1, -0.05) is 0 Å². The van der Waals surface area contributed by atoms with Crippen molar-refractivity contribution in [3.63, 3.8) is 0 Å². The molecule has 0 unspecified atom stereocenters. The Morgan fingerprint density at radius 1 is 1.47 bits per heavy atom. The number of carboxylic acid groups (broad SMARTS) is 1. The Kier molecular flexibility index (Phi) is 3.99. The Morgan fingerprint density at radius 2 is 2.21 bits per heavy atom. The fourth-order valence-corrected chi connectivity index (χ4v) is 1.91. The van der Waals surface area contributed by atoms with Crippen molar-refractivity contribution in [1.82, 2.24) is 9.88 Å². The molecule has 0 bridgehead atoms. The first-order chi connectivity index (χ1) is 9.06. The Hall–Kier alpha value is -2.11. The maximum atomic E-state index is 11.9. The number of pyridine rings is 1. The number of carbonyl (C=O) groups is 2. The van der Waals surface area contributed by atoms with Crippen LogP contribution < -0.4 is 5.32 Å². The zero-order valence-electron chi connectivity index (χ0n) is 10.8. The molecule has 1 aliphatic rings. The lowest BCUT2D eigenvalue weighted by molar-refractivity contribution is -0.136. The number of anilines is 1. The lowest BCUT2D eigenvalue weighted by Crippen LogP contribution is -2.43. The third-order valence-electron chi connectivity index (χ3n) is 3.35. The van der Waals surface area contributed by atoms with Gasteiger partial charge in [0.2, 0.25) is 0 Å². The van der Waals surface area contributed by atoms with E-state index in [1.807, 2.05) is 0 Å². The van der Waals surface area contributed by atoms with E-state index in [0.717, 1.165) is 12.8 Å². The van der Waals surface area contributed by atoms with Crippen LogP contribution in [0.2, 0.25) is 0 Å². The number of carbonyl (C=O) groups excluding carboxylic acids is 1. The van der Waals surface area contributed by atoms with E-state index in [2.05, 4.69) is 10.3 Å². The third-order valence-corrected chi connectivity index (χ3v) is 3.35. The molecule has 2 N–H and O–H groups in total. The molecule has 0 atom stereocenters. The molecular weight excluding hydrogens is 246 g/mol. The first-order valence-electron chi connectivity index (χ1n) is 6.27. The Balaban J connectivity index is 1.91. The van der Waals surface area contributed by atoms with Gasteiger partial charge in [0.05, 0.1) is 24.0 Å². The Morgan fingerprint density at radius 3 is 2.68 bits per heavy atom. The smallest absolute Gasteiger partial charge is 0.321 e. The first-order valence-corrected chi connectivity index (χ1v) is 6.27. The Labute approximate surface area is 111 Å². The predicted octanol–water partition coefficient (Wildman–Crippen LogP) is 1.72. The van der Waals surface area contributed by atoms with Crippen molar-refractivity contribution < 1.29 is 14.7 Å². The van der Waals surface area contributed by atoms with E-state index < -0.39 is 5.97 Å². The van der Waals surface area contributed by atoms with Gasteiger partial charge in [-0.05, 0) is 31.4 Å². The van der Waals surface area contributed by atoms with E-state index in [4.69, 9.17) is 5.11 Å². The molecule has 1 aliphatic carbocycles. The van der Waals surface area contributed by atoms with E-state index in [9.17, 15) is 9.59 Å². The molecular formula is C13H17N3O3. The second-order valence-electron chi connectivity index (χ2n) is 4.73. The van der Waals surface area contributed by atoms with Crippen LogP contribution in [0.25, 0.3) is 0 Å². The van der Waals surface area contributed by atoms with Crippen LogP contribution in [0.15, 0.2) is 18.3 Å². The quantitative estimate of drug-likeness (QED) is 0.866. The number of hydrogen-bond acceptors (Lipinski definition) is 3. The molecule has 0 radical (unpaired) electrons. The summed E-state index contributed by atoms with van der Waals surface area (Å²) in [6, 6.07) is 3.45. The van der Waals surface area contributed by atoms with Gasteiger partial charge < -0.3 is 15.3 Å². The molecule has 2 amide bonds. The molecule has 2 rings (SSSR count). The predicted molar refractivity (Wildman–Crippen MR) is 70.0 cm³/mol. The number of carboxylic acids is 1. The first kappa shape index (κ1) is 13.3. The normalized spacial score (nSPS) is 14.6. The summed E-state index contributed by atoms with van der Waals surface area (Å²) in [6.45, 7) is 0. The third kappa shape index (κ3) is 3.43. The lowest BCUT2D eigenvalue weighted by Gasteiger charge is -2.34. The van der Waals surface area contributed by atoms with Crippen molar-refractivity contribution in [2.24, 2.45) is 0 Å². The van der Waals surface area contributed by atoms with Crippen molar-refractivity contribution in [2.45, 2.75) is 31.7 Å². The van der Waals surface area contributed by atoms with Crippen LogP contribution in [0, 0.1) is 0 Å². The van der Waals surface area contributed by atoms with Crippen LogP contribution >= 0.6 is 0 Å². The van der Waals surface area contributed by atoms with Crippen molar-refractivity contribution in [3.05, 3.63) is 24.0 Å². The molecule has 6 nitrogen and oxygen atoms in total. The second-order valence-corrected chi connectivity index (χ2v) is 4.73. The average molecular weight is 263 g/mol. The summed E-state index contributed by atoms with van der Waals surface area (Å²) in [4.78, 5) is 28.1. The van der Waals surface area contributed by atoms with Crippen LogP contribution in [-0.4, -0.2) is 40.1 Å². The summed E-state index contributed by atoms with van der Waals surface area (Å²) in [7, 11) is 1.78. The maximum Gasteiger partial charge on any atom is 0.321 e. The standard InChI is InChI=1S/C13H17N3O3/c1-16(11-3-2-4-11)13(19)15-10-6-5-9(14-8-10)7-12(17)18/h5-6,8,11H,2-4,7H2,1H3,(H,15,19)(H,17,18). The number of aromatic nitrogens is 1. The molecule has 1 saturated carbocycles. The fraction of sp³-hybridized carbons (Fsp3) is 0.462. The van der Waals surface area contributed by atoms with E-state index in [0.29, 0.717) is 17.4 Å². The van der Waals surface area contributed by atoms with E-state index in [-0.39, 0.29) is 12.5 Å². The van der Waals surface area contributed by atoms with Crippen LogP contribution in [-0.2, 0) is 11.2 Å². The van der Waals surface area contributed by atoms with Gasteiger partial charge in [-0.2, -0.15) is 0 Å². The molecule has 102 valence electrons. The topological polar surface area (TPSA) is 82.5 Å². The number of nitrogens with zero attached hydrogens (tertiary/aromatic N) is 2. The van der Waals surface area contributed by atoms with Crippen molar-refractivity contribution in [2.75, 3.05) is 12.4 Å². The summed E-state index contributed by atoms with van der Waals surface area (Å²) in [5.74, 6) is -0.922. The van der Waals surface area contributed by atoms with E-state index in [1.165, 1.54) is 12.6 Å². The molecule has 1 aromatic rings. The summed E-state index contributed by atoms with van der Waals surface area (Å²) in [6.07, 6.45) is 4.65. The van der Waals surface area contributed by atoms with Gasteiger partial charge in [-0.3, -0.25) is 9.78 Å². The Bertz CT molecular complexity index is 469. The highest BCUT2D eigenvalue weighted by Gasteiger charge is 2.25. The highest BCUT2D eigenvalue weighted by molar-refractivity contribution is 5.89. The SMILES string of the molecule is CN(C(=O)Nc1ccc(CC(=O)O)nc1)C1CCC1. The summed E-state index contributed by atoms with van der Waals surface area (Å²) >= 11 is 0. The van der Waals surface area contributed by atoms with Crippen LogP contribution in [0.4, 0.5) is 10.5 Å². The summed E-state index contributed by atoms with van der Waals surface area (Å²) < 4.78 is 0. The lowest BCUT2D eigenvalue weighted by atomic mass is 9.92. The number of rotatable bonds is 4. The zero-order chi connectivity index (χ0) is 13.8. The van der Waals surface area contributed by atoms with Crippen LogP contribution in [0.3, 0.4) is 0 Å². The highest BCUT2D eigenvalue weighted by Crippen LogP contribution is 2.24. The monoisotopic (exact) mass is 263 g/mol. The van der Waals surface area contributed by atoms with Gasteiger partial charge >= 0.3 is 12.0 Å². The van der Waals surface area contributed by atoms with Gasteiger partial charge in [0.1, 0.15) is 0 Å². The number of hydrogen-bond donors (Lipinski definition) is 2. The molecule has 1 heterocycles. The van der Waals surface area contributed by atoms with E-state index in [1.54, 1.807) is 24.1 Å². The zero-order valence-corrected chi connectivity index (χ0v) is 10.8. The molecule has 0 aliphatic heterocycles. The van der Waals surface area contributed by atoms with Gasteiger partial charge in [0.15, 0.2) is 0 Å². The number of nitrogens with one attached hydrogen (secondary N) is 1. The number of amides is 2. The molecule has 1 fully saturated rings. The number of aliphatic carboxylic acids is 1. The van der Waals surface area contributed by atoms with Gasteiger partial charge in [-0.15, -0.1) is 0 Å². The average Bonchev–Trinajstić information content (AvgIpc) is 2.28. The van der Waals surface area contributed by atoms with Crippen molar-refractivity contribution >= 4 is 17.7 Å². The second kappa shape index (κ2) is 5.69. The molecule has 0 aromatic carbocycles. The van der Waals surface area contributed by atoms with Gasteiger partial charge in [0, 0.05) is 13.1 Å². The molecule has 6 heteroatoms. The van der Waals surface area contributed by atoms with Crippen LogP contribution in [0.5, 0.6) is 0 Å². The minimum absolute atomic E-state index is 0.115. The summed E-state index contributed by atoms with van der Waals surface area (Å²) in [5, 5.41) is 11.4. The number of urea groups is 1. The molecule has 0 spiro atoms. The fourth-order valence-electron chi connectivity index (χ4n) is 1.91. The maximum absolute atomic E-state index is 11.9. The minimum atomic E-state index is -0.922. The van der Waals surface area contributed by atoms with Crippen molar-refractivity contribution in [1.29, 1.82) is 0 Å². The minimum Gasteiger partial charge on any atom is -0.481 e. The van der Waals surface area contributed by atoms with E-state index >= 15 is 0 Å². The van der Waals surface area contributed by atoms with Crippen LogP contribution in [0.1, 0.15) is 25.0 Å². The molecule has 0 saturated heterocycles. The largest absolute Gasteiger partial charge is 0.481 e. The summed E-state index contributed by atoms with van der Waals surface area (Å²) in [5.41, 5.74) is 1.04.